The average molecular weight is 220 g/mol. The van der Waals surface area contributed by atoms with Gasteiger partial charge in [-0.2, -0.15) is 0 Å². The molecule has 0 amide bonds. The molecule has 0 saturated heterocycles. The van der Waals surface area contributed by atoms with Crippen LogP contribution in [-0.4, -0.2) is 13.2 Å². The normalized spacial score (nSPS) is 22.6. The molecule has 0 aromatic carbocycles. The molecule has 0 N–H and O–H groups in total. The van der Waals surface area contributed by atoms with E-state index in [0.717, 1.165) is 31.9 Å². The Hall–Kier alpha value is -0.310. The highest BCUT2D eigenvalue weighted by Gasteiger charge is 2.30. The highest BCUT2D eigenvalue weighted by Crippen LogP contribution is 2.51. The third-order valence-electron chi connectivity index (χ3n) is 2.26. The SMILES string of the molecule is C=COP(=O)(OC)OC1CCCCC1. The zero-order chi connectivity index (χ0) is 10.4. The van der Waals surface area contributed by atoms with Crippen LogP contribution < -0.4 is 0 Å². The monoisotopic (exact) mass is 220 g/mol. The van der Waals surface area contributed by atoms with Gasteiger partial charge in [-0.25, -0.2) is 4.57 Å². The van der Waals surface area contributed by atoms with Crippen LogP contribution in [0.25, 0.3) is 0 Å². The van der Waals surface area contributed by atoms with Gasteiger partial charge in [0.1, 0.15) is 0 Å². The summed E-state index contributed by atoms with van der Waals surface area (Å²) in [6.07, 6.45) is 6.38. The van der Waals surface area contributed by atoms with Gasteiger partial charge in [0.05, 0.1) is 12.4 Å². The zero-order valence-corrected chi connectivity index (χ0v) is 9.37. The highest BCUT2D eigenvalue weighted by molar-refractivity contribution is 7.48. The Morgan fingerprint density at radius 1 is 1.36 bits per heavy atom. The van der Waals surface area contributed by atoms with E-state index in [1.165, 1.54) is 13.5 Å². The third kappa shape index (κ3) is 3.45. The Labute approximate surface area is 84.9 Å². The van der Waals surface area contributed by atoms with E-state index in [0.29, 0.717) is 0 Å². The Morgan fingerprint density at radius 2 is 2.00 bits per heavy atom. The molecule has 1 aliphatic carbocycles. The van der Waals surface area contributed by atoms with E-state index in [1.807, 2.05) is 0 Å². The van der Waals surface area contributed by atoms with E-state index in [4.69, 9.17) is 13.6 Å². The molecule has 0 aromatic heterocycles. The van der Waals surface area contributed by atoms with Crippen LogP contribution in [0, 0.1) is 0 Å². The molecule has 1 saturated carbocycles. The Kier molecular flexibility index (Phi) is 4.66. The van der Waals surface area contributed by atoms with Gasteiger partial charge < -0.3 is 4.52 Å². The van der Waals surface area contributed by atoms with Gasteiger partial charge in [-0.05, 0) is 12.8 Å². The fourth-order valence-electron chi connectivity index (χ4n) is 1.56. The van der Waals surface area contributed by atoms with Gasteiger partial charge in [-0.15, -0.1) is 0 Å². The van der Waals surface area contributed by atoms with E-state index in [1.54, 1.807) is 0 Å². The quantitative estimate of drug-likeness (QED) is 0.527. The molecule has 0 aliphatic heterocycles. The average Bonchev–Trinajstić information content (AvgIpc) is 2.20. The minimum atomic E-state index is -3.39. The van der Waals surface area contributed by atoms with Crippen LogP contribution in [0.4, 0.5) is 0 Å². The first-order valence-corrected chi connectivity index (χ1v) is 6.30. The first-order chi connectivity index (χ1) is 6.70. The lowest BCUT2D eigenvalue weighted by molar-refractivity contribution is 0.0898. The molecule has 4 nitrogen and oxygen atoms in total. The number of phosphoric acid groups is 1. The summed E-state index contributed by atoms with van der Waals surface area (Å²) in [5, 5.41) is 0. The Bertz CT molecular complexity index is 223. The van der Waals surface area contributed by atoms with Crippen molar-refractivity contribution in [2.24, 2.45) is 0 Å². The molecule has 0 radical (unpaired) electrons. The second-order valence-corrected chi connectivity index (χ2v) is 4.95. The van der Waals surface area contributed by atoms with E-state index in [9.17, 15) is 4.57 Å². The van der Waals surface area contributed by atoms with Crippen molar-refractivity contribution in [3.8, 4) is 0 Å². The molecule has 1 rings (SSSR count). The summed E-state index contributed by atoms with van der Waals surface area (Å²) in [5.74, 6) is 0. The molecule has 1 atom stereocenters. The minimum absolute atomic E-state index is 0.00511. The topological polar surface area (TPSA) is 44.8 Å². The highest BCUT2D eigenvalue weighted by atomic mass is 31.2. The largest absolute Gasteiger partial charge is 0.529 e. The maximum absolute atomic E-state index is 11.7. The lowest BCUT2D eigenvalue weighted by atomic mass is 9.98. The van der Waals surface area contributed by atoms with Crippen molar-refractivity contribution in [2.75, 3.05) is 7.11 Å². The van der Waals surface area contributed by atoms with Gasteiger partial charge in [0.25, 0.3) is 0 Å². The van der Waals surface area contributed by atoms with E-state index < -0.39 is 7.82 Å². The van der Waals surface area contributed by atoms with Crippen LogP contribution in [0.3, 0.4) is 0 Å². The molecular weight excluding hydrogens is 203 g/mol. The van der Waals surface area contributed by atoms with Gasteiger partial charge in [0, 0.05) is 7.11 Å². The Balaban J connectivity index is 2.45. The molecule has 1 unspecified atom stereocenters. The maximum atomic E-state index is 11.7. The van der Waals surface area contributed by atoms with Gasteiger partial charge in [-0.3, -0.25) is 9.05 Å². The summed E-state index contributed by atoms with van der Waals surface area (Å²) in [4.78, 5) is 0. The lowest BCUT2D eigenvalue weighted by Crippen LogP contribution is -2.15. The summed E-state index contributed by atoms with van der Waals surface area (Å²) in [5.41, 5.74) is 0. The number of phosphoric ester groups is 1. The van der Waals surface area contributed by atoms with Crippen molar-refractivity contribution >= 4 is 7.82 Å². The number of hydrogen-bond acceptors (Lipinski definition) is 4. The van der Waals surface area contributed by atoms with E-state index >= 15 is 0 Å². The number of hydrogen-bond donors (Lipinski definition) is 0. The van der Waals surface area contributed by atoms with Crippen molar-refractivity contribution in [3.63, 3.8) is 0 Å². The van der Waals surface area contributed by atoms with Crippen molar-refractivity contribution in [2.45, 2.75) is 38.2 Å². The first kappa shape index (κ1) is 11.8. The van der Waals surface area contributed by atoms with Gasteiger partial charge in [0.2, 0.25) is 0 Å². The summed E-state index contributed by atoms with van der Waals surface area (Å²) in [7, 11) is -2.07. The Morgan fingerprint density at radius 3 is 2.50 bits per heavy atom. The fourth-order valence-corrected chi connectivity index (χ4v) is 2.54. The lowest BCUT2D eigenvalue weighted by Gasteiger charge is -2.24. The molecule has 1 aliphatic rings. The molecule has 14 heavy (non-hydrogen) atoms. The predicted molar refractivity (Wildman–Crippen MR) is 53.9 cm³/mol. The molecule has 0 aromatic rings. The van der Waals surface area contributed by atoms with E-state index in [-0.39, 0.29) is 6.10 Å². The molecule has 0 spiro atoms. The number of rotatable bonds is 5. The van der Waals surface area contributed by atoms with Crippen LogP contribution >= 0.6 is 7.82 Å². The van der Waals surface area contributed by atoms with Crippen molar-refractivity contribution < 1.29 is 18.1 Å². The summed E-state index contributed by atoms with van der Waals surface area (Å²) < 4.78 is 26.5. The molecule has 0 heterocycles. The summed E-state index contributed by atoms with van der Waals surface area (Å²) in [6, 6.07) is 0. The van der Waals surface area contributed by atoms with Gasteiger partial charge in [0.15, 0.2) is 0 Å². The van der Waals surface area contributed by atoms with Crippen molar-refractivity contribution in [3.05, 3.63) is 12.8 Å². The van der Waals surface area contributed by atoms with Crippen LogP contribution in [0.5, 0.6) is 0 Å². The van der Waals surface area contributed by atoms with Crippen molar-refractivity contribution in [1.29, 1.82) is 0 Å². The second kappa shape index (κ2) is 5.54. The molecule has 82 valence electrons. The van der Waals surface area contributed by atoms with Crippen LogP contribution in [-0.2, 0) is 18.1 Å². The predicted octanol–water partition coefficient (Wildman–Crippen LogP) is 3.25. The molecule has 0 bridgehead atoms. The standard InChI is InChI=1S/C9H17O4P/c1-3-12-14(10,11-2)13-9-7-5-4-6-8-9/h3,9H,1,4-8H2,2H3. The fraction of sp³-hybridized carbons (Fsp3) is 0.778. The summed E-state index contributed by atoms with van der Waals surface area (Å²) >= 11 is 0. The third-order valence-corrected chi connectivity index (χ3v) is 3.67. The van der Waals surface area contributed by atoms with E-state index in [2.05, 4.69) is 6.58 Å². The van der Waals surface area contributed by atoms with Crippen LogP contribution in [0.15, 0.2) is 12.8 Å². The molecule has 1 fully saturated rings. The minimum Gasteiger partial charge on any atom is -0.413 e. The molecular formula is C9H17O4P. The summed E-state index contributed by atoms with van der Waals surface area (Å²) in [6.45, 7) is 3.33. The zero-order valence-electron chi connectivity index (χ0n) is 8.48. The first-order valence-electron chi connectivity index (χ1n) is 4.83. The van der Waals surface area contributed by atoms with Gasteiger partial charge in [-0.1, -0.05) is 25.8 Å². The molecule has 5 heteroatoms. The van der Waals surface area contributed by atoms with Crippen LogP contribution in [0.1, 0.15) is 32.1 Å². The maximum Gasteiger partial charge on any atom is 0.529 e. The van der Waals surface area contributed by atoms with Crippen molar-refractivity contribution in [1.82, 2.24) is 0 Å². The second-order valence-electron chi connectivity index (χ2n) is 3.27. The smallest absolute Gasteiger partial charge is 0.413 e. The van der Waals surface area contributed by atoms with Gasteiger partial charge >= 0.3 is 7.82 Å². The van der Waals surface area contributed by atoms with Crippen LogP contribution in [0.2, 0.25) is 0 Å².